The summed E-state index contributed by atoms with van der Waals surface area (Å²) in [6.45, 7) is 10.2. The largest absolute Gasteiger partial charge is 0.467 e. The van der Waals surface area contributed by atoms with Crippen LogP contribution in [0.2, 0.25) is 0 Å². The average molecular weight is 408 g/mol. The summed E-state index contributed by atoms with van der Waals surface area (Å²) in [4.78, 5) is 12.4. The molecule has 29 heavy (non-hydrogen) atoms. The van der Waals surface area contributed by atoms with Gasteiger partial charge in [0.15, 0.2) is 0 Å². The first kappa shape index (κ1) is 23.6. The number of nitrogens with one attached hydrogen (secondary N) is 2. The molecule has 0 atom stereocenters. The minimum absolute atomic E-state index is 0.264. The molecule has 1 fully saturated rings. The zero-order valence-corrected chi connectivity index (χ0v) is 19.3. The summed E-state index contributed by atoms with van der Waals surface area (Å²) in [5.74, 6) is 1.36. The second-order valence-corrected chi connectivity index (χ2v) is 9.64. The second kappa shape index (κ2) is 11.0. The summed E-state index contributed by atoms with van der Waals surface area (Å²) in [6, 6.07) is 0.528. The van der Waals surface area contributed by atoms with E-state index in [1.54, 1.807) is 0 Å². The van der Waals surface area contributed by atoms with E-state index < -0.39 is 0 Å². The van der Waals surface area contributed by atoms with Crippen LogP contribution in [-0.2, 0) is 0 Å². The highest BCUT2D eigenvalue weighted by molar-refractivity contribution is 5.27. The molecule has 0 unspecified atom stereocenters. The maximum Gasteiger partial charge on any atom is 0.324 e. The van der Waals surface area contributed by atoms with Gasteiger partial charge in [-0.05, 0) is 52.9 Å². The summed E-state index contributed by atoms with van der Waals surface area (Å²) >= 11 is 0. The maximum absolute atomic E-state index is 5.06. The van der Waals surface area contributed by atoms with Gasteiger partial charge in [-0.2, -0.15) is 9.97 Å². The highest BCUT2D eigenvalue weighted by Gasteiger charge is 2.36. The summed E-state index contributed by atoms with van der Waals surface area (Å²) in [5, 5.41) is 7.01. The van der Waals surface area contributed by atoms with Crippen LogP contribution < -0.4 is 20.1 Å². The fourth-order valence-corrected chi connectivity index (χ4v) is 4.80. The molecule has 7 nitrogen and oxygen atoms in total. The van der Waals surface area contributed by atoms with Gasteiger partial charge in [-0.1, -0.05) is 38.5 Å². The maximum atomic E-state index is 5.06. The van der Waals surface area contributed by atoms with Crippen LogP contribution in [0.5, 0.6) is 12.0 Å². The Morgan fingerprint density at radius 2 is 1.34 bits per heavy atom. The normalized spacial score (nSPS) is 18.4. The van der Waals surface area contributed by atoms with Crippen molar-refractivity contribution in [2.45, 2.75) is 96.6 Å². The predicted octanol–water partition coefficient (Wildman–Crippen LogP) is 4.59. The van der Waals surface area contributed by atoms with Gasteiger partial charge in [-0.3, -0.25) is 0 Å². The first-order valence-electron chi connectivity index (χ1n) is 11.1. The van der Waals surface area contributed by atoms with Crippen LogP contribution in [0.3, 0.4) is 0 Å². The van der Waals surface area contributed by atoms with E-state index in [1.165, 1.54) is 65.6 Å². The number of unbranched alkanes of at least 4 members (excludes halogenated alkanes) is 5. The highest BCUT2D eigenvalue weighted by Crippen LogP contribution is 2.35. The molecule has 1 aromatic rings. The molecule has 0 bridgehead atoms. The molecule has 7 heteroatoms. The lowest BCUT2D eigenvalue weighted by Crippen LogP contribution is -2.57. The van der Waals surface area contributed by atoms with Crippen LogP contribution in [0.25, 0.3) is 0 Å². The summed E-state index contributed by atoms with van der Waals surface area (Å²) in [7, 11) is 3.07. The Kier molecular flexibility index (Phi) is 8.93. The fourth-order valence-electron chi connectivity index (χ4n) is 4.80. The molecule has 166 valence electrons. The standard InChI is InChI=1S/C22H41N5O2/c1-21(2)15-17(16-22(3,4)27-21)13-11-9-7-8-10-12-14-23-18-24-19(28-5)26-20(25-18)29-6/h17,27H,7-16H2,1-6H3,(H,23,24,25,26). The number of hydrogen-bond acceptors (Lipinski definition) is 7. The molecule has 1 saturated heterocycles. The zero-order valence-electron chi connectivity index (χ0n) is 19.3. The van der Waals surface area contributed by atoms with Crippen LogP contribution >= 0.6 is 0 Å². The predicted molar refractivity (Wildman–Crippen MR) is 118 cm³/mol. The van der Waals surface area contributed by atoms with Gasteiger partial charge in [-0.25, -0.2) is 0 Å². The minimum Gasteiger partial charge on any atom is -0.467 e. The molecule has 0 aliphatic carbocycles. The van der Waals surface area contributed by atoms with Crippen LogP contribution in [0, 0.1) is 5.92 Å². The number of nitrogens with zero attached hydrogens (tertiary/aromatic N) is 3. The molecule has 0 radical (unpaired) electrons. The summed E-state index contributed by atoms with van der Waals surface area (Å²) in [6.07, 6.45) is 11.6. The van der Waals surface area contributed by atoms with E-state index in [0.717, 1.165) is 18.9 Å². The van der Waals surface area contributed by atoms with E-state index in [2.05, 4.69) is 53.3 Å². The molecule has 1 aromatic heterocycles. The van der Waals surface area contributed by atoms with E-state index in [0.29, 0.717) is 5.95 Å². The molecule has 0 amide bonds. The third-order valence-electron chi connectivity index (χ3n) is 5.56. The molecule has 0 saturated carbocycles. The van der Waals surface area contributed by atoms with Gasteiger partial charge >= 0.3 is 12.0 Å². The SMILES string of the molecule is COc1nc(NCCCCCCCCC2CC(C)(C)NC(C)(C)C2)nc(OC)n1. The van der Waals surface area contributed by atoms with Crippen LogP contribution in [0.1, 0.15) is 85.5 Å². The van der Waals surface area contributed by atoms with Crippen molar-refractivity contribution < 1.29 is 9.47 Å². The van der Waals surface area contributed by atoms with Crippen molar-refractivity contribution in [1.82, 2.24) is 20.3 Å². The first-order valence-corrected chi connectivity index (χ1v) is 11.1. The lowest BCUT2D eigenvalue weighted by Gasteiger charge is -2.46. The molecular weight excluding hydrogens is 366 g/mol. The van der Waals surface area contributed by atoms with Crippen molar-refractivity contribution in [3.63, 3.8) is 0 Å². The van der Waals surface area contributed by atoms with Crippen LogP contribution in [0.15, 0.2) is 0 Å². The molecule has 1 aliphatic rings. The van der Waals surface area contributed by atoms with E-state index >= 15 is 0 Å². The van der Waals surface area contributed by atoms with Crippen molar-refractivity contribution in [1.29, 1.82) is 0 Å². The van der Waals surface area contributed by atoms with Crippen molar-refractivity contribution in [3.8, 4) is 12.0 Å². The molecular formula is C22H41N5O2. The number of hydrogen-bond donors (Lipinski definition) is 2. The number of rotatable bonds is 12. The van der Waals surface area contributed by atoms with Crippen LogP contribution in [-0.4, -0.2) is 46.8 Å². The Bertz CT molecular complexity index is 583. The number of anilines is 1. The van der Waals surface area contributed by atoms with Crippen molar-refractivity contribution in [2.24, 2.45) is 5.92 Å². The van der Waals surface area contributed by atoms with Gasteiger partial charge in [0.05, 0.1) is 14.2 Å². The lowest BCUT2D eigenvalue weighted by molar-refractivity contribution is 0.122. The van der Waals surface area contributed by atoms with Crippen molar-refractivity contribution in [3.05, 3.63) is 0 Å². The second-order valence-electron chi connectivity index (χ2n) is 9.64. The third kappa shape index (κ3) is 8.72. The monoisotopic (exact) mass is 407 g/mol. The van der Waals surface area contributed by atoms with E-state index in [1.807, 2.05) is 0 Å². The molecule has 2 N–H and O–H groups in total. The Morgan fingerprint density at radius 1 is 0.828 bits per heavy atom. The molecule has 0 aromatic carbocycles. The first-order chi connectivity index (χ1) is 13.7. The summed E-state index contributed by atoms with van der Waals surface area (Å²) < 4.78 is 10.1. The Balaban J connectivity index is 1.53. The van der Waals surface area contributed by atoms with Gasteiger partial charge in [0, 0.05) is 17.6 Å². The lowest BCUT2D eigenvalue weighted by atomic mass is 9.74. The molecule has 0 spiro atoms. The minimum atomic E-state index is 0.264. The van der Waals surface area contributed by atoms with Crippen molar-refractivity contribution >= 4 is 5.95 Å². The number of ether oxygens (including phenoxy) is 2. The molecule has 2 heterocycles. The number of aromatic nitrogens is 3. The zero-order chi connectivity index (χ0) is 21.3. The van der Waals surface area contributed by atoms with Gasteiger partial charge in [0.2, 0.25) is 5.95 Å². The van der Waals surface area contributed by atoms with E-state index in [9.17, 15) is 0 Å². The molecule has 1 aliphatic heterocycles. The Labute approximate surface area is 176 Å². The van der Waals surface area contributed by atoms with Gasteiger partial charge < -0.3 is 20.1 Å². The molecule has 2 rings (SSSR count). The van der Waals surface area contributed by atoms with Crippen molar-refractivity contribution in [2.75, 3.05) is 26.1 Å². The van der Waals surface area contributed by atoms with Gasteiger partial charge in [0.25, 0.3) is 0 Å². The topological polar surface area (TPSA) is 81.2 Å². The fraction of sp³-hybridized carbons (Fsp3) is 0.864. The van der Waals surface area contributed by atoms with Crippen LogP contribution in [0.4, 0.5) is 5.95 Å². The van der Waals surface area contributed by atoms with E-state index in [-0.39, 0.29) is 23.1 Å². The third-order valence-corrected chi connectivity index (χ3v) is 5.56. The van der Waals surface area contributed by atoms with E-state index in [4.69, 9.17) is 9.47 Å². The number of methoxy groups -OCH3 is 2. The smallest absolute Gasteiger partial charge is 0.324 e. The van der Waals surface area contributed by atoms with Gasteiger partial charge in [0.1, 0.15) is 0 Å². The Morgan fingerprint density at radius 3 is 1.90 bits per heavy atom. The summed E-state index contributed by atoms with van der Waals surface area (Å²) in [5.41, 5.74) is 0.540. The Hall–Kier alpha value is -1.63. The van der Waals surface area contributed by atoms with Gasteiger partial charge in [-0.15, -0.1) is 4.98 Å². The highest BCUT2D eigenvalue weighted by atomic mass is 16.5. The number of piperidine rings is 1. The average Bonchev–Trinajstić information content (AvgIpc) is 2.63. The quantitative estimate of drug-likeness (QED) is 0.490.